The molecule has 3 aromatic carbocycles. The van der Waals surface area contributed by atoms with Crippen LogP contribution >= 0.6 is 0 Å². The van der Waals surface area contributed by atoms with E-state index in [1.165, 1.54) is 24.9 Å². The van der Waals surface area contributed by atoms with Crippen LogP contribution in [-0.2, 0) is 36.8 Å². The van der Waals surface area contributed by atoms with Crippen LogP contribution in [0, 0.1) is 0 Å². The van der Waals surface area contributed by atoms with Crippen LogP contribution in [0.15, 0.2) is 97.1 Å². The molecule has 11 heteroatoms. The van der Waals surface area contributed by atoms with Crippen molar-refractivity contribution in [1.29, 1.82) is 0 Å². The number of benzene rings is 3. The van der Waals surface area contributed by atoms with E-state index in [-0.39, 0.29) is 25.2 Å². The number of carbonyl (C=O) groups excluding carboxylic acids is 5. The summed E-state index contributed by atoms with van der Waals surface area (Å²) in [5.41, 5.74) is 14.9. The van der Waals surface area contributed by atoms with Gasteiger partial charge in [-0.3, -0.25) is 24.0 Å². The van der Waals surface area contributed by atoms with E-state index in [4.69, 9.17) is 11.5 Å². The Kier molecular flexibility index (Phi) is 15.6. The first-order valence-corrected chi connectivity index (χ1v) is 17.3. The Morgan fingerprint density at radius 3 is 1.96 bits per heavy atom. The van der Waals surface area contributed by atoms with Crippen LogP contribution in [0.25, 0.3) is 11.1 Å². The van der Waals surface area contributed by atoms with Gasteiger partial charge in [0.05, 0.1) is 0 Å². The van der Waals surface area contributed by atoms with Gasteiger partial charge in [-0.1, -0.05) is 91.0 Å². The second-order valence-corrected chi connectivity index (χ2v) is 13.5. The monoisotopic (exact) mass is 696 g/mol. The van der Waals surface area contributed by atoms with Crippen LogP contribution in [-0.4, -0.2) is 71.7 Å². The first-order valence-electron chi connectivity index (χ1n) is 17.3. The third kappa shape index (κ3) is 14.2. The molecule has 0 fully saturated rings. The van der Waals surface area contributed by atoms with Crippen molar-refractivity contribution in [2.75, 3.05) is 13.6 Å². The van der Waals surface area contributed by atoms with Crippen molar-refractivity contribution < 1.29 is 24.0 Å². The van der Waals surface area contributed by atoms with Crippen LogP contribution in [0.4, 0.5) is 0 Å². The van der Waals surface area contributed by atoms with Crippen molar-refractivity contribution in [2.45, 2.75) is 83.0 Å². The molecular formula is C40H52N6O5. The number of hydrogen-bond donors (Lipinski definition) is 5. The Balaban J connectivity index is 1.87. The summed E-state index contributed by atoms with van der Waals surface area (Å²) in [5, 5.41) is 8.32. The van der Waals surface area contributed by atoms with E-state index in [0.29, 0.717) is 25.8 Å². The Bertz CT molecular complexity index is 1620. The molecule has 51 heavy (non-hydrogen) atoms. The zero-order valence-electron chi connectivity index (χ0n) is 30.1. The van der Waals surface area contributed by atoms with Crippen LogP contribution in [0.2, 0.25) is 0 Å². The lowest BCUT2D eigenvalue weighted by Gasteiger charge is -2.32. The molecule has 11 nitrogen and oxygen atoms in total. The van der Waals surface area contributed by atoms with E-state index in [0.717, 1.165) is 22.3 Å². The van der Waals surface area contributed by atoms with Gasteiger partial charge in [0.15, 0.2) is 0 Å². The fourth-order valence-corrected chi connectivity index (χ4v) is 5.52. The molecule has 7 N–H and O–H groups in total. The summed E-state index contributed by atoms with van der Waals surface area (Å²) in [7, 11) is 1.52. The van der Waals surface area contributed by atoms with E-state index < -0.39 is 47.3 Å². The summed E-state index contributed by atoms with van der Waals surface area (Å²) in [4.78, 5) is 66.3. The van der Waals surface area contributed by atoms with Gasteiger partial charge in [0.2, 0.25) is 29.5 Å². The minimum Gasteiger partial charge on any atom is -0.368 e. The van der Waals surface area contributed by atoms with Gasteiger partial charge >= 0.3 is 0 Å². The van der Waals surface area contributed by atoms with Crippen molar-refractivity contribution in [2.24, 2.45) is 11.5 Å². The highest BCUT2D eigenvalue weighted by Gasteiger charge is 2.34. The quantitative estimate of drug-likeness (QED) is 0.0948. The maximum Gasteiger partial charge on any atom is 0.245 e. The third-order valence-corrected chi connectivity index (χ3v) is 8.37. The molecule has 0 bridgehead atoms. The Hall–Kier alpha value is -5.29. The molecular weight excluding hydrogens is 644 g/mol. The molecule has 0 saturated carbocycles. The summed E-state index contributed by atoms with van der Waals surface area (Å²) < 4.78 is 0. The number of likely N-dealkylation sites (N-methyl/N-ethyl adjacent to an activating group) is 1. The summed E-state index contributed by atoms with van der Waals surface area (Å²) in [5.74, 6) is -2.36. The molecule has 0 aliphatic carbocycles. The van der Waals surface area contributed by atoms with E-state index in [2.05, 4.69) is 16.0 Å². The number of primary amides is 1. The predicted molar refractivity (Wildman–Crippen MR) is 200 cm³/mol. The van der Waals surface area contributed by atoms with Gasteiger partial charge in [0.25, 0.3) is 0 Å². The smallest absolute Gasteiger partial charge is 0.245 e. The molecule has 0 aromatic heterocycles. The summed E-state index contributed by atoms with van der Waals surface area (Å²) in [6.07, 6.45) is 5.19. The van der Waals surface area contributed by atoms with Crippen LogP contribution < -0.4 is 27.4 Å². The molecule has 0 saturated heterocycles. The van der Waals surface area contributed by atoms with Crippen LogP contribution in [0.5, 0.6) is 0 Å². The zero-order chi connectivity index (χ0) is 37.4. The number of unbranched alkanes of at least 4 members (excludes halogenated alkanes) is 1. The van der Waals surface area contributed by atoms with Crippen molar-refractivity contribution in [3.8, 4) is 11.1 Å². The fraction of sp³-hybridized carbons (Fsp3) is 0.375. The molecule has 5 amide bonds. The number of carbonyl (C=O) groups is 5. The zero-order valence-corrected chi connectivity index (χ0v) is 30.1. The second-order valence-electron chi connectivity index (χ2n) is 13.5. The van der Waals surface area contributed by atoms with Gasteiger partial charge in [0.1, 0.15) is 18.1 Å². The standard InChI is InChI=1S/C40H52N6O5/c1-28(47)43-25-12-11-18-33(37(41)49)45-38(50)35(27-29-14-7-5-8-15-29)46(4)39(51)34(44-36(48)19-13-24-40(2,3)42)26-30-20-22-32(23-21-30)31-16-9-6-10-17-31/h5-10,13-17,19-23,33-35H,11-12,18,24-27,42H2,1-4H3,(H2,41,49)(H,43,47)(H,44,48)(H,45,50)/b19-13+/t33-,34+,35+/m0/s1. The topological polar surface area (TPSA) is 177 Å². The minimum absolute atomic E-state index is 0.152. The van der Waals surface area contributed by atoms with Gasteiger partial charge in [0, 0.05) is 38.9 Å². The number of rotatable bonds is 19. The highest BCUT2D eigenvalue weighted by Crippen LogP contribution is 2.20. The highest BCUT2D eigenvalue weighted by atomic mass is 16.2. The lowest BCUT2D eigenvalue weighted by Crippen LogP contribution is -2.57. The normalized spacial score (nSPS) is 13.1. The number of nitrogens with zero attached hydrogens (tertiary/aromatic N) is 1. The van der Waals surface area contributed by atoms with E-state index >= 15 is 0 Å². The molecule has 0 spiro atoms. The molecule has 0 aliphatic rings. The van der Waals surface area contributed by atoms with Gasteiger partial charge in [-0.05, 0) is 67.9 Å². The number of nitrogens with two attached hydrogens (primary N) is 2. The molecule has 272 valence electrons. The molecule has 0 heterocycles. The van der Waals surface area contributed by atoms with Crippen molar-refractivity contribution >= 4 is 29.5 Å². The highest BCUT2D eigenvalue weighted by molar-refractivity contribution is 5.96. The lowest BCUT2D eigenvalue weighted by molar-refractivity contribution is -0.142. The van der Waals surface area contributed by atoms with Gasteiger partial charge < -0.3 is 32.3 Å². The average molecular weight is 697 g/mol. The molecule has 0 radical (unpaired) electrons. The summed E-state index contributed by atoms with van der Waals surface area (Å²) in [6.45, 7) is 5.56. The van der Waals surface area contributed by atoms with E-state index in [9.17, 15) is 24.0 Å². The van der Waals surface area contributed by atoms with Gasteiger partial charge in [-0.25, -0.2) is 0 Å². The molecule has 3 atom stereocenters. The van der Waals surface area contributed by atoms with Gasteiger partial charge in [-0.2, -0.15) is 0 Å². The molecule has 0 unspecified atom stereocenters. The van der Waals surface area contributed by atoms with E-state index in [1.807, 2.05) is 98.8 Å². The van der Waals surface area contributed by atoms with Crippen LogP contribution in [0.1, 0.15) is 57.6 Å². The SMILES string of the molecule is CC(=O)NCCCC[C@H](NC(=O)[C@@H](Cc1ccccc1)N(C)C(=O)[C@@H](Cc1ccc(-c2ccccc2)cc1)NC(=O)/C=C/CC(C)(C)N)C(N)=O. The molecule has 3 rings (SSSR count). The third-order valence-electron chi connectivity index (χ3n) is 8.37. The molecule has 3 aromatic rings. The van der Waals surface area contributed by atoms with Gasteiger partial charge in [-0.15, -0.1) is 0 Å². The Morgan fingerprint density at radius 1 is 0.784 bits per heavy atom. The Labute approximate surface area is 301 Å². The first-order chi connectivity index (χ1) is 24.2. The maximum atomic E-state index is 14.3. The fourth-order valence-electron chi connectivity index (χ4n) is 5.52. The number of nitrogens with one attached hydrogen (secondary N) is 3. The summed E-state index contributed by atoms with van der Waals surface area (Å²) >= 11 is 0. The first kappa shape index (κ1) is 40.1. The Morgan fingerprint density at radius 2 is 1.37 bits per heavy atom. The second kappa shape index (κ2) is 19.8. The van der Waals surface area contributed by atoms with E-state index in [1.54, 1.807) is 6.08 Å². The van der Waals surface area contributed by atoms with Crippen molar-refractivity contribution in [1.82, 2.24) is 20.9 Å². The molecule has 0 aliphatic heterocycles. The predicted octanol–water partition coefficient (Wildman–Crippen LogP) is 3.41. The number of amides is 5. The number of hydrogen-bond acceptors (Lipinski definition) is 6. The summed E-state index contributed by atoms with van der Waals surface area (Å²) in [6, 6.07) is 23.9. The average Bonchev–Trinajstić information content (AvgIpc) is 3.09. The minimum atomic E-state index is -1.03. The van der Waals surface area contributed by atoms with Crippen molar-refractivity contribution in [3.05, 3.63) is 108 Å². The maximum absolute atomic E-state index is 14.3. The lowest BCUT2D eigenvalue weighted by atomic mass is 9.98. The van der Waals surface area contributed by atoms with Crippen molar-refractivity contribution in [3.63, 3.8) is 0 Å². The van der Waals surface area contributed by atoms with Crippen LogP contribution in [0.3, 0.4) is 0 Å². The largest absolute Gasteiger partial charge is 0.368 e.